The molecular formula is C13H23N3O3. The molecule has 0 aliphatic carbocycles. The first-order valence-electron chi connectivity index (χ1n) is 6.68. The minimum absolute atomic E-state index is 0.145. The lowest BCUT2D eigenvalue weighted by atomic mass is 9.91. The van der Waals surface area contributed by atoms with Crippen LogP contribution < -0.4 is 10.6 Å². The van der Waals surface area contributed by atoms with E-state index in [0.717, 1.165) is 19.4 Å². The topological polar surface area (TPSA) is 78.5 Å². The monoisotopic (exact) mass is 269 g/mol. The summed E-state index contributed by atoms with van der Waals surface area (Å²) in [5, 5.41) is 5.18. The van der Waals surface area contributed by atoms with E-state index in [9.17, 15) is 14.4 Å². The van der Waals surface area contributed by atoms with Crippen molar-refractivity contribution in [1.29, 1.82) is 0 Å². The van der Waals surface area contributed by atoms with Gasteiger partial charge in [0.05, 0.1) is 0 Å². The van der Waals surface area contributed by atoms with E-state index in [-0.39, 0.29) is 17.7 Å². The van der Waals surface area contributed by atoms with Crippen LogP contribution in [0.25, 0.3) is 0 Å². The highest BCUT2D eigenvalue weighted by atomic mass is 16.2. The molecule has 0 unspecified atom stereocenters. The summed E-state index contributed by atoms with van der Waals surface area (Å²) in [7, 11) is 1.50. The number of carbonyl (C=O) groups is 3. The molecule has 1 rings (SSSR count). The molecule has 0 bridgehead atoms. The van der Waals surface area contributed by atoms with Gasteiger partial charge in [-0.05, 0) is 26.7 Å². The number of piperidine rings is 1. The van der Waals surface area contributed by atoms with Crippen LogP contribution >= 0.6 is 0 Å². The number of likely N-dealkylation sites (tertiary alicyclic amines) is 1. The minimum atomic E-state index is -1.10. The Kier molecular flexibility index (Phi) is 5.32. The average Bonchev–Trinajstić information content (AvgIpc) is 2.39. The summed E-state index contributed by atoms with van der Waals surface area (Å²) >= 11 is 0. The lowest BCUT2D eigenvalue weighted by Gasteiger charge is -2.27. The minimum Gasteiger partial charge on any atom is -0.358 e. The predicted molar refractivity (Wildman–Crippen MR) is 71.3 cm³/mol. The van der Waals surface area contributed by atoms with Gasteiger partial charge in [-0.3, -0.25) is 14.4 Å². The molecule has 1 fully saturated rings. The molecule has 0 spiro atoms. The first kappa shape index (κ1) is 15.5. The molecule has 6 nitrogen and oxygen atoms in total. The third-order valence-electron chi connectivity index (χ3n) is 3.45. The van der Waals surface area contributed by atoms with Gasteiger partial charge >= 0.3 is 0 Å². The van der Waals surface area contributed by atoms with Crippen LogP contribution in [0.3, 0.4) is 0 Å². The van der Waals surface area contributed by atoms with Crippen LogP contribution in [0.4, 0.5) is 0 Å². The first-order valence-corrected chi connectivity index (χ1v) is 6.68. The van der Waals surface area contributed by atoms with E-state index in [2.05, 4.69) is 10.6 Å². The molecule has 19 heavy (non-hydrogen) atoms. The molecule has 1 saturated heterocycles. The summed E-state index contributed by atoms with van der Waals surface area (Å²) in [6, 6.07) is 0. The molecule has 1 aliphatic heterocycles. The second kappa shape index (κ2) is 6.54. The lowest BCUT2D eigenvalue weighted by Crippen LogP contribution is -2.49. The zero-order chi connectivity index (χ0) is 14.5. The Morgan fingerprint density at radius 1 is 1.26 bits per heavy atom. The van der Waals surface area contributed by atoms with Crippen molar-refractivity contribution in [2.45, 2.75) is 33.1 Å². The zero-order valence-corrected chi connectivity index (χ0v) is 11.9. The van der Waals surface area contributed by atoms with Gasteiger partial charge in [0.2, 0.25) is 17.7 Å². The Morgan fingerprint density at radius 3 is 2.53 bits per heavy atom. The normalized spacial score (nSPS) is 16.2. The van der Waals surface area contributed by atoms with Crippen LogP contribution in [-0.2, 0) is 14.4 Å². The maximum Gasteiger partial charge on any atom is 0.235 e. The number of carbonyl (C=O) groups excluding carboxylic acids is 3. The molecule has 0 aromatic rings. The highest BCUT2D eigenvalue weighted by molar-refractivity contribution is 6.04. The van der Waals surface area contributed by atoms with Gasteiger partial charge in [0.15, 0.2) is 0 Å². The number of amides is 3. The van der Waals surface area contributed by atoms with Crippen LogP contribution in [0.2, 0.25) is 0 Å². The number of hydrogen-bond acceptors (Lipinski definition) is 3. The number of nitrogens with zero attached hydrogens (tertiary/aromatic N) is 1. The number of hydrogen-bond donors (Lipinski definition) is 2. The summed E-state index contributed by atoms with van der Waals surface area (Å²) in [6.07, 6.45) is 2.56. The van der Waals surface area contributed by atoms with E-state index in [1.807, 2.05) is 0 Å². The van der Waals surface area contributed by atoms with Crippen LogP contribution in [0.15, 0.2) is 0 Å². The van der Waals surface area contributed by atoms with Gasteiger partial charge in [-0.2, -0.15) is 0 Å². The fourth-order valence-electron chi connectivity index (χ4n) is 2.04. The molecular weight excluding hydrogens is 246 g/mol. The second-order valence-corrected chi connectivity index (χ2v) is 5.30. The SMILES string of the molecule is CNC(=O)C(C)(C)C(=O)NCCN1CCCCC1=O. The van der Waals surface area contributed by atoms with Crippen molar-refractivity contribution >= 4 is 17.7 Å². The Balaban J connectivity index is 2.38. The molecule has 0 radical (unpaired) electrons. The highest BCUT2D eigenvalue weighted by Crippen LogP contribution is 2.15. The Bertz CT molecular complexity index is 366. The Morgan fingerprint density at radius 2 is 1.95 bits per heavy atom. The number of nitrogens with one attached hydrogen (secondary N) is 2. The summed E-state index contributed by atoms with van der Waals surface area (Å²) < 4.78 is 0. The summed E-state index contributed by atoms with van der Waals surface area (Å²) in [6.45, 7) is 4.80. The smallest absolute Gasteiger partial charge is 0.235 e. The lowest BCUT2D eigenvalue weighted by molar-refractivity contribution is -0.141. The molecule has 0 atom stereocenters. The van der Waals surface area contributed by atoms with Crippen molar-refractivity contribution in [3.8, 4) is 0 Å². The van der Waals surface area contributed by atoms with Crippen molar-refractivity contribution in [2.24, 2.45) is 5.41 Å². The van der Waals surface area contributed by atoms with Crippen molar-refractivity contribution < 1.29 is 14.4 Å². The summed E-state index contributed by atoms with van der Waals surface area (Å²) in [5.41, 5.74) is -1.10. The van der Waals surface area contributed by atoms with Gasteiger partial charge in [0.25, 0.3) is 0 Å². The van der Waals surface area contributed by atoms with E-state index in [4.69, 9.17) is 0 Å². The molecule has 2 N–H and O–H groups in total. The molecule has 6 heteroatoms. The van der Waals surface area contributed by atoms with E-state index in [1.165, 1.54) is 7.05 Å². The molecule has 108 valence electrons. The second-order valence-electron chi connectivity index (χ2n) is 5.30. The first-order chi connectivity index (χ1) is 8.89. The van der Waals surface area contributed by atoms with Gasteiger partial charge in [-0.15, -0.1) is 0 Å². The van der Waals surface area contributed by atoms with E-state index < -0.39 is 5.41 Å². The molecule has 1 heterocycles. The fourth-order valence-corrected chi connectivity index (χ4v) is 2.04. The average molecular weight is 269 g/mol. The Labute approximate surface area is 113 Å². The quantitative estimate of drug-likeness (QED) is 0.683. The summed E-state index contributed by atoms with van der Waals surface area (Å²) in [4.78, 5) is 36.8. The highest BCUT2D eigenvalue weighted by Gasteiger charge is 2.35. The largest absolute Gasteiger partial charge is 0.358 e. The molecule has 0 saturated carbocycles. The maximum atomic E-state index is 11.9. The van der Waals surface area contributed by atoms with Crippen molar-refractivity contribution in [3.05, 3.63) is 0 Å². The fraction of sp³-hybridized carbons (Fsp3) is 0.769. The van der Waals surface area contributed by atoms with Crippen LogP contribution in [-0.4, -0.2) is 49.3 Å². The Hall–Kier alpha value is -1.59. The zero-order valence-electron chi connectivity index (χ0n) is 11.9. The van der Waals surface area contributed by atoms with Crippen LogP contribution in [0, 0.1) is 5.41 Å². The third-order valence-corrected chi connectivity index (χ3v) is 3.45. The van der Waals surface area contributed by atoms with Gasteiger partial charge < -0.3 is 15.5 Å². The van der Waals surface area contributed by atoms with Crippen molar-refractivity contribution in [1.82, 2.24) is 15.5 Å². The molecule has 0 aromatic carbocycles. The van der Waals surface area contributed by atoms with Crippen LogP contribution in [0.1, 0.15) is 33.1 Å². The summed E-state index contributed by atoms with van der Waals surface area (Å²) in [5.74, 6) is -0.499. The molecule has 0 aromatic heterocycles. The molecule has 3 amide bonds. The molecule has 1 aliphatic rings. The van der Waals surface area contributed by atoms with Gasteiger partial charge in [0, 0.05) is 33.1 Å². The van der Waals surface area contributed by atoms with Crippen molar-refractivity contribution in [3.63, 3.8) is 0 Å². The third kappa shape index (κ3) is 3.94. The predicted octanol–water partition coefficient (Wildman–Crippen LogP) is -0.113. The standard InChI is InChI=1S/C13H23N3O3/c1-13(2,11(18)14-3)12(19)15-7-9-16-8-5-4-6-10(16)17/h4-9H2,1-3H3,(H,14,18)(H,15,19). The van der Waals surface area contributed by atoms with E-state index >= 15 is 0 Å². The van der Waals surface area contributed by atoms with E-state index in [1.54, 1.807) is 18.7 Å². The van der Waals surface area contributed by atoms with Gasteiger partial charge in [-0.1, -0.05) is 0 Å². The number of rotatable bonds is 5. The van der Waals surface area contributed by atoms with Gasteiger partial charge in [0.1, 0.15) is 5.41 Å². The van der Waals surface area contributed by atoms with Crippen molar-refractivity contribution in [2.75, 3.05) is 26.7 Å². The van der Waals surface area contributed by atoms with Gasteiger partial charge in [-0.25, -0.2) is 0 Å². The maximum absolute atomic E-state index is 11.9. The van der Waals surface area contributed by atoms with Crippen LogP contribution in [0.5, 0.6) is 0 Å². The van der Waals surface area contributed by atoms with E-state index in [0.29, 0.717) is 19.5 Å².